The van der Waals surface area contributed by atoms with Gasteiger partial charge in [0, 0.05) is 13.0 Å². The monoisotopic (exact) mass is 471 g/mol. The number of rotatable bonds is 10. The summed E-state index contributed by atoms with van der Waals surface area (Å²) < 4.78 is 5.90. The Kier molecular flexibility index (Phi) is 8.25. The number of ether oxygens (including phenoxy) is 1. The summed E-state index contributed by atoms with van der Waals surface area (Å²) in [4.78, 5) is 40.7. The Morgan fingerprint density at radius 3 is 2.09 bits per heavy atom. The Morgan fingerprint density at radius 1 is 0.886 bits per heavy atom. The second kappa shape index (κ2) is 11.9. The van der Waals surface area contributed by atoms with Crippen molar-refractivity contribution in [3.05, 3.63) is 108 Å². The minimum Gasteiger partial charge on any atom is -0.374 e. The van der Waals surface area contributed by atoms with E-state index in [-0.39, 0.29) is 30.9 Å². The zero-order valence-corrected chi connectivity index (χ0v) is 19.4. The van der Waals surface area contributed by atoms with Gasteiger partial charge in [-0.15, -0.1) is 0 Å². The first-order chi connectivity index (χ1) is 17.1. The topological polar surface area (TPSA) is 87.7 Å². The third kappa shape index (κ3) is 6.55. The third-order valence-corrected chi connectivity index (χ3v) is 5.95. The normalized spacial score (nSPS) is 16.5. The summed E-state index contributed by atoms with van der Waals surface area (Å²) >= 11 is 0. The van der Waals surface area contributed by atoms with Crippen molar-refractivity contribution < 1.29 is 19.1 Å². The first-order valence-electron chi connectivity index (χ1n) is 11.7. The summed E-state index contributed by atoms with van der Waals surface area (Å²) in [5.41, 5.74) is 2.80. The van der Waals surface area contributed by atoms with Crippen molar-refractivity contribution >= 4 is 17.7 Å². The highest BCUT2D eigenvalue weighted by molar-refractivity contribution is 5.98. The van der Waals surface area contributed by atoms with E-state index in [1.54, 1.807) is 0 Å². The fourth-order valence-electron chi connectivity index (χ4n) is 4.14. The predicted molar refractivity (Wildman–Crippen MR) is 132 cm³/mol. The van der Waals surface area contributed by atoms with Gasteiger partial charge in [-0.1, -0.05) is 91.0 Å². The maximum atomic E-state index is 13.4. The molecule has 7 nitrogen and oxygen atoms in total. The Bertz CT molecular complexity index is 1120. The standard InChI is InChI=1S/C28H29N3O4/c32-26-18-30-27(33)24(16-21-10-4-1-5-11-21)31(26)25(20-35-19-23-14-8-3-9-15-23)28(34)29-17-22-12-6-2-7-13-22/h1-15,24-25H,16-20H2,(H,29,34)(H,30,33)/t24-,25?/m0/s1. The van der Waals surface area contributed by atoms with Crippen molar-refractivity contribution in [3.63, 3.8) is 0 Å². The summed E-state index contributed by atoms with van der Waals surface area (Å²) in [6.45, 7) is 0.429. The molecule has 3 aromatic carbocycles. The molecule has 7 heteroatoms. The Labute approximate surface area is 205 Å². The van der Waals surface area contributed by atoms with Crippen molar-refractivity contribution in [2.45, 2.75) is 31.7 Å². The van der Waals surface area contributed by atoms with Gasteiger partial charge in [-0.05, 0) is 16.7 Å². The van der Waals surface area contributed by atoms with Crippen LogP contribution in [0, 0.1) is 0 Å². The van der Waals surface area contributed by atoms with E-state index in [0.29, 0.717) is 19.6 Å². The molecule has 180 valence electrons. The molecule has 2 N–H and O–H groups in total. The number of hydrogen-bond acceptors (Lipinski definition) is 4. The Hall–Kier alpha value is -3.97. The van der Waals surface area contributed by atoms with Crippen LogP contribution in [0.5, 0.6) is 0 Å². The minimum absolute atomic E-state index is 0.0279. The lowest BCUT2D eigenvalue weighted by Gasteiger charge is -2.39. The van der Waals surface area contributed by atoms with Gasteiger partial charge in [0.15, 0.2) is 0 Å². The molecular formula is C28H29N3O4. The molecule has 0 saturated carbocycles. The van der Waals surface area contributed by atoms with E-state index < -0.39 is 12.1 Å². The average molecular weight is 472 g/mol. The van der Waals surface area contributed by atoms with Crippen LogP contribution in [0.1, 0.15) is 16.7 Å². The van der Waals surface area contributed by atoms with Gasteiger partial charge in [-0.25, -0.2) is 0 Å². The quantitative estimate of drug-likeness (QED) is 0.476. The average Bonchev–Trinajstić information content (AvgIpc) is 2.90. The largest absolute Gasteiger partial charge is 0.374 e. The molecule has 3 aromatic rings. The van der Waals surface area contributed by atoms with E-state index >= 15 is 0 Å². The van der Waals surface area contributed by atoms with Crippen LogP contribution in [-0.2, 0) is 38.7 Å². The highest BCUT2D eigenvalue weighted by Gasteiger charge is 2.41. The number of piperazine rings is 1. The van der Waals surface area contributed by atoms with Crippen LogP contribution in [-0.4, -0.2) is 47.9 Å². The molecule has 1 saturated heterocycles. The van der Waals surface area contributed by atoms with E-state index in [9.17, 15) is 14.4 Å². The lowest BCUT2D eigenvalue weighted by atomic mass is 9.99. The highest BCUT2D eigenvalue weighted by atomic mass is 16.5. The number of nitrogens with one attached hydrogen (secondary N) is 2. The van der Waals surface area contributed by atoms with Crippen LogP contribution in [0.25, 0.3) is 0 Å². The SMILES string of the molecule is O=C(NCc1ccccc1)C(COCc1ccccc1)N1C(=O)CNC(=O)[C@@H]1Cc1ccccc1. The van der Waals surface area contributed by atoms with Gasteiger partial charge in [-0.2, -0.15) is 0 Å². The van der Waals surface area contributed by atoms with Crippen LogP contribution < -0.4 is 10.6 Å². The molecule has 35 heavy (non-hydrogen) atoms. The number of hydrogen-bond donors (Lipinski definition) is 2. The molecule has 0 radical (unpaired) electrons. The fourth-order valence-corrected chi connectivity index (χ4v) is 4.14. The van der Waals surface area contributed by atoms with Crippen molar-refractivity contribution in [2.75, 3.05) is 13.2 Å². The molecule has 1 heterocycles. The molecule has 3 amide bonds. The Balaban J connectivity index is 1.54. The van der Waals surface area contributed by atoms with E-state index in [0.717, 1.165) is 16.7 Å². The van der Waals surface area contributed by atoms with Crippen LogP contribution in [0.15, 0.2) is 91.0 Å². The molecule has 0 aromatic heterocycles. The summed E-state index contributed by atoms with van der Waals surface area (Å²) in [7, 11) is 0. The zero-order chi connectivity index (χ0) is 24.5. The van der Waals surface area contributed by atoms with Crippen LogP contribution in [0.2, 0.25) is 0 Å². The van der Waals surface area contributed by atoms with Gasteiger partial charge in [0.25, 0.3) is 0 Å². The van der Waals surface area contributed by atoms with Crippen molar-refractivity contribution in [2.24, 2.45) is 0 Å². The van der Waals surface area contributed by atoms with Crippen molar-refractivity contribution in [3.8, 4) is 0 Å². The highest BCUT2D eigenvalue weighted by Crippen LogP contribution is 2.18. The van der Waals surface area contributed by atoms with E-state index in [2.05, 4.69) is 10.6 Å². The zero-order valence-electron chi connectivity index (χ0n) is 19.4. The van der Waals surface area contributed by atoms with Crippen molar-refractivity contribution in [1.82, 2.24) is 15.5 Å². The van der Waals surface area contributed by atoms with Crippen LogP contribution in [0.4, 0.5) is 0 Å². The molecule has 0 spiro atoms. The fraction of sp³-hybridized carbons (Fsp3) is 0.250. The van der Waals surface area contributed by atoms with Gasteiger partial charge in [0.1, 0.15) is 12.1 Å². The van der Waals surface area contributed by atoms with Gasteiger partial charge in [0.2, 0.25) is 17.7 Å². The maximum Gasteiger partial charge on any atom is 0.245 e. The Morgan fingerprint density at radius 2 is 1.46 bits per heavy atom. The molecule has 0 aliphatic carbocycles. The van der Waals surface area contributed by atoms with E-state index in [1.165, 1.54) is 4.90 Å². The molecular weight excluding hydrogens is 442 g/mol. The van der Waals surface area contributed by atoms with Gasteiger partial charge < -0.3 is 20.3 Å². The molecule has 1 fully saturated rings. The number of amides is 3. The summed E-state index contributed by atoms with van der Waals surface area (Å²) in [5, 5.41) is 5.58. The predicted octanol–water partition coefficient (Wildman–Crippen LogP) is 2.46. The molecule has 1 unspecified atom stereocenters. The van der Waals surface area contributed by atoms with Crippen LogP contribution >= 0.6 is 0 Å². The van der Waals surface area contributed by atoms with Crippen molar-refractivity contribution in [1.29, 1.82) is 0 Å². The van der Waals surface area contributed by atoms with E-state index in [4.69, 9.17) is 4.74 Å². The lowest BCUT2D eigenvalue weighted by Crippen LogP contribution is -2.65. The second-order valence-electron chi connectivity index (χ2n) is 8.44. The first-order valence-corrected chi connectivity index (χ1v) is 11.7. The summed E-state index contributed by atoms with van der Waals surface area (Å²) in [6.07, 6.45) is 0.305. The lowest BCUT2D eigenvalue weighted by molar-refractivity contribution is -0.154. The number of carbonyl (C=O) groups is 3. The second-order valence-corrected chi connectivity index (χ2v) is 8.44. The first kappa shape index (κ1) is 24.2. The summed E-state index contributed by atoms with van der Waals surface area (Å²) in [6, 6.07) is 26.9. The summed E-state index contributed by atoms with van der Waals surface area (Å²) in [5.74, 6) is -0.950. The molecule has 2 atom stereocenters. The number of carbonyl (C=O) groups excluding carboxylic acids is 3. The van der Waals surface area contributed by atoms with Gasteiger partial charge >= 0.3 is 0 Å². The van der Waals surface area contributed by atoms with Gasteiger partial charge in [-0.3, -0.25) is 14.4 Å². The maximum absolute atomic E-state index is 13.4. The third-order valence-electron chi connectivity index (χ3n) is 5.95. The molecule has 1 aliphatic rings. The molecule has 4 rings (SSSR count). The minimum atomic E-state index is -0.949. The van der Waals surface area contributed by atoms with E-state index in [1.807, 2.05) is 91.0 Å². The molecule has 1 aliphatic heterocycles. The van der Waals surface area contributed by atoms with Gasteiger partial charge in [0.05, 0.1) is 19.8 Å². The molecule has 0 bridgehead atoms. The number of nitrogens with zero attached hydrogens (tertiary/aromatic N) is 1. The smallest absolute Gasteiger partial charge is 0.245 e. The van der Waals surface area contributed by atoms with Crippen LogP contribution in [0.3, 0.4) is 0 Å². The number of benzene rings is 3.